The molecule has 0 amide bonds. The minimum absolute atomic E-state index is 0.0820. The van der Waals surface area contributed by atoms with E-state index in [0.29, 0.717) is 5.69 Å². The summed E-state index contributed by atoms with van der Waals surface area (Å²) in [5.41, 5.74) is 0.324. The van der Waals surface area contributed by atoms with Crippen molar-refractivity contribution in [1.29, 1.82) is 0 Å². The van der Waals surface area contributed by atoms with Gasteiger partial charge in [0.1, 0.15) is 5.69 Å². The van der Waals surface area contributed by atoms with E-state index < -0.39 is 0 Å². The zero-order valence-electron chi connectivity index (χ0n) is 5.82. The summed E-state index contributed by atoms with van der Waals surface area (Å²) in [4.78, 5) is 18.5. The zero-order valence-corrected chi connectivity index (χ0v) is 5.82. The average Bonchev–Trinajstić information content (AvgIpc) is 2.07. The fourth-order valence-electron chi connectivity index (χ4n) is 0.626. The van der Waals surface area contributed by atoms with E-state index in [2.05, 4.69) is 15.9 Å². The molecule has 0 bridgehead atoms. The van der Waals surface area contributed by atoms with E-state index >= 15 is 0 Å². The van der Waals surface area contributed by atoms with Gasteiger partial charge in [-0.1, -0.05) is 5.92 Å². The van der Waals surface area contributed by atoms with E-state index in [4.69, 9.17) is 6.42 Å². The lowest BCUT2D eigenvalue weighted by molar-refractivity contribution is 0.0993. The van der Waals surface area contributed by atoms with Crippen LogP contribution in [0.1, 0.15) is 16.9 Å². The summed E-state index contributed by atoms with van der Waals surface area (Å²) in [5.74, 6) is 2.08. The van der Waals surface area contributed by atoms with Gasteiger partial charge < -0.3 is 0 Å². The highest BCUT2D eigenvalue weighted by Gasteiger charge is 2.03. The summed E-state index contributed by atoms with van der Waals surface area (Å²) in [6, 6.07) is 0. The maximum Gasteiger partial charge on any atom is 0.194 e. The van der Waals surface area contributed by atoms with Gasteiger partial charge in [0.25, 0.3) is 0 Å². The Kier molecular flexibility index (Phi) is 2.34. The first-order chi connectivity index (χ1) is 5.34. The first-order valence-electron chi connectivity index (χ1n) is 3.07. The van der Waals surface area contributed by atoms with Crippen molar-refractivity contribution in [1.82, 2.24) is 9.97 Å². The van der Waals surface area contributed by atoms with E-state index in [9.17, 15) is 4.79 Å². The highest BCUT2D eigenvalue weighted by Crippen LogP contribution is 1.94. The Bertz CT molecular complexity index is 287. The predicted molar refractivity (Wildman–Crippen MR) is 39.8 cm³/mol. The molecule has 0 atom stereocenters. The number of hydrogen-bond donors (Lipinski definition) is 0. The minimum Gasteiger partial charge on any atom is -0.291 e. The summed E-state index contributed by atoms with van der Waals surface area (Å²) < 4.78 is 0. The number of rotatable bonds is 2. The van der Waals surface area contributed by atoms with E-state index in [1.165, 1.54) is 18.6 Å². The van der Waals surface area contributed by atoms with Crippen molar-refractivity contribution in [3.05, 3.63) is 24.3 Å². The monoisotopic (exact) mass is 146 g/mol. The van der Waals surface area contributed by atoms with Crippen LogP contribution in [0, 0.1) is 12.3 Å². The molecule has 3 nitrogen and oxygen atoms in total. The lowest BCUT2D eigenvalue weighted by Crippen LogP contribution is -2.00. The SMILES string of the molecule is C#CCC(=O)c1cnccn1. The predicted octanol–water partition coefficient (Wildman–Crippen LogP) is 0.683. The molecule has 3 heteroatoms. The second-order valence-corrected chi connectivity index (χ2v) is 1.89. The number of carbonyl (C=O) groups is 1. The van der Waals surface area contributed by atoms with E-state index in [0.717, 1.165) is 0 Å². The van der Waals surface area contributed by atoms with Gasteiger partial charge in [-0.2, -0.15) is 0 Å². The first kappa shape index (κ1) is 7.42. The second kappa shape index (κ2) is 3.47. The van der Waals surface area contributed by atoms with E-state index in [-0.39, 0.29) is 12.2 Å². The van der Waals surface area contributed by atoms with E-state index in [1.54, 1.807) is 0 Å². The van der Waals surface area contributed by atoms with Crippen molar-refractivity contribution in [3.8, 4) is 12.3 Å². The number of Topliss-reactive ketones (excluding diaryl/α,β-unsaturated/α-hetero) is 1. The van der Waals surface area contributed by atoms with Gasteiger partial charge >= 0.3 is 0 Å². The molecule has 0 aliphatic carbocycles. The van der Waals surface area contributed by atoms with Gasteiger partial charge in [0.05, 0.1) is 12.6 Å². The van der Waals surface area contributed by atoms with Gasteiger partial charge in [0, 0.05) is 12.4 Å². The van der Waals surface area contributed by atoms with Crippen molar-refractivity contribution in [3.63, 3.8) is 0 Å². The summed E-state index contributed by atoms with van der Waals surface area (Å²) in [6.07, 6.45) is 9.40. The highest BCUT2D eigenvalue weighted by atomic mass is 16.1. The quantitative estimate of drug-likeness (QED) is 0.455. The van der Waals surface area contributed by atoms with Crippen LogP contribution < -0.4 is 0 Å². The van der Waals surface area contributed by atoms with Crippen molar-refractivity contribution in [2.75, 3.05) is 0 Å². The number of carbonyl (C=O) groups excluding carboxylic acids is 1. The van der Waals surface area contributed by atoms with Crippen LogP contribution in [0.3, 0.4) is 0 Å². The van der Waals surface area contributed by atoms with Crippen LogP contribution in [-0.2, 0) is 0 Å². The molecule has 0 aliphatic heterocycles. The van der Waals surface area contributed by atoms with Gasteiger partial charge in [-0.3, -0.25) is 9.78 Å². The van der Waals surface area contributed by atoms with Crippen LogP contribution in [-0.4, -0.2) is 15.8 Å². The third kappa shape index (κ3) is 1.87. The van der Waals surface area contributed by atoms with Crippen LogP contribution in [0.25, 0.3) is 0 Å². The number of nitrogens with zero attached hydrogens (tertiary/aromatic N) is 2. The maximum absolute atomic E-state index is 11.0. The number of aromatic nitrogens is 2. The largest absolute Gasteiger partial charge is 0.291 e. The zero-order chi connectivity index (χ0) is 8.10. The van der Waals surface area contributed by atoms with Crippen LogP contribution in [0.4, 0.5) is 0 Å². The van der Waals surface area contributed by atoms with Crippen LogP contribution >= 0.6 is 0 Å². The fourth-order valence-corrected chi connectivity index (χ4v) is 0.626. The molecule has 0 radical (unpaired) electrons. The third-order valence-electron chi connectivity index (χ3n) is 1.11. The minimum atomic E-state index is -0.166. The molecular weight excluding hydrogens is 140 g/mol. The average molecular weight is 146 g/mol. The number of ketones is 1. The van der Waals surface area contributed by atoms with Crippen LogP contribution in [0.2, 0.25) is 0 Å². The summed E-state index contributed by atoms with van der Waals surface area (Å²) in [5, 5.41) is 0. The van der Waals surface area contributed by atoms with Crippen molar-refractivity contribution < 1.29 is 4.79 Å². The standard InChI is InChI=1S/C8H6N2O/c1-2-3-8(11)7-6-9-4-5-10-7/h1,4-6H,3H2. The molecule has 0 spiro atoms. The molecule has 1 rings (SSSR count). The molecule has 0 saturated carbocycles. The lowest BCUT2D eigenvalue weighted by Gasteiger charge is -1.91. The summed E-state index contributed by atoms with van der Waals surface area (Å²) in [6.45, 7) is 0. The molecule has 1 heterocycles. The molecule has 54 valence electrons. The molecule has 0 fully saturated rings. The Morgan fingerprint density at radius 1 is 1.64 bits per heavy atom. The van der Waals surface area contributed by atoms with Crippen LogP contribution in [0.5, 0.6) is 0 Å². The Morgan fingerprint density at radius 3 is 3.00 bits per heavy atom. The normalized spacial score (nSPS) is 8.64. The Morgan fingerprint density at radius 2 is 2.45 bits per heavy atom. The van der Waals surface area contributed by atoms with Gasteiger partial charge in [0.15, 0.2) is 5.78 Å². The molecule has 11 heavy (non-hydrogen) atoms. The van der Waals surface area contributed by atoms with E-state index in [1.807, 2.05) is 0 Å². The summed E-state index contributed by atoms with van der Waals surface area (Å²) in [7, 11) is 0. The lowest BCUT2D eigenvalue weighted by atomic mass is 10.2. The Labute approximate surface area is 64.5 Å². The molecule has 1 aromatic heterocycles. The molecule has 0 N–H and O–H groups in total. The van der Waals surface area contributed by atoms with Gasteiger partial charge in [-0.05, 0) is 0 Å². The Hall–Kier alpha value is -1.69. The van der Waals surface area contributed by atoms with Crippen molar-refractivity contribution in [2.45, 2.75) is 6.42 Å². The first-order valence-corrected chi connectivity index (χ1v) is 3.07. The summed E-state index contributed by atoms with van der Waals surface area (Å²) >= 11 is 0. The second-order valence-electron chi connectivity index (χ2n) is 1.89. The van der Waals surface area contributed by atoms with Crippen molar-refractivity contribution >= 4 is 5.78 Å². The van der Waals surface area contributed by atoms with Crippen LogP contribution in [0.15, 0.2) is 18.6 Å². The van der Waals surface area contributed by atoms with Crippen molar-refractivity contribution in [2.24, 2.45) is 0 Å². The number of hydrogen-bond acceptors (Lipinski definition) is 3. The maximum atomic E-state index is 11.0. The molecular formula is C8H6N2O. The van der Waals surface area contributed by atoms with Gasteiger partial charge in [-0.15, -0.1) is 6.42 Å². The molecule has 0 unspecified atom stereocenters. The topological polar surface area (TPSA) is 42.9 Å². The molecule has 0 aliphatic rings. The third-order valence-corrected chi connectivity index (χ3v) is 1.11. The fraction of sp³-hybridized carbons (Fsp3) is 0.125. The highest BCUT2D eigenvalue weighted by molar-refractivity contribution is 5.95. The smallest absolute Gasteiger partial charge is 0.194 e. The Balaban J connectivity index is 2.79. The molecule has 0 saturated heterocycles. The van der Waals surface area contributed by atoms with Gasteiger partial charge in [-0.25, -0.2) is 4.98 Å². The molecule has 0 aromatic carbocycles. The molecule has 1 aromatic rings. The van der Waals surface area contributed by atoms with Gasteiger partial charge in [0.2, 0.25) is 0 Å². The number of terminal acetylenes is 1.